The highest BCUT2D eigenvalue weighted by Crippen LogP contribution is 2.20. The molecule has 0 aliphatic rings. The van der Waals surface area contributed by atoms with Gasteiger partial charge in [0.2, 0.25) is 35.4 Å². The highest BCUT2D eigenvalue weighted by atomic mass is 16.4. The van der Waals surface area contributed by atoms with Crippen LogP contribution in [0.4, 0.5) is 0 Å². The zero-order valence-corrected chi connectivity index (χ0v) is 32.3. The Morgan fingerprint density at radius 2 is 1.08 bits per heavy atom. The zero-order chi connectivity index (χ0) is 43.1. The first-order valence-electron chi connectivity index (χ1n) is 18.6. The summed E-state index contributed by atoms with van der Waals surface area (Å²) >= 11 is 0. The van der Waals surface area contributed by atoms with Gasteiger partial charge in [-0.15, -0.1) is 0 Å². The number of phenolic OH excluding ortho intramolecular Hbond substituents is 1. The largest absolute Gasteiger partial charge is 0.508 e. The van der Waals surface area contributed by atoms with Gasteiger partial charge in [0.1, 0.15) is 36.0 Å². The first-order valence-corrected chi connectivity index (χ1v) is 18.6. The summed E-state index contributed by atoms with van der Waals surface area (Å²) in [6.07, 6.45) is -0.338. The molecule has 0 unspecified atom stereocenters. The van der Waals surface area contributed by atoms with Crippen LogP contribution < -0.4 is 31.9 Å². The number of benzene rings is 3. The van der Waals surface area contributed by atoms with E-state index in [1.807, 2.05) is 24.3 Å². The van der Waals surface area contributed by atoms with Crippen LogP contribution in [0.5, 0.6) is 5.75 Å². The van der Waals surface area contributed by atoms with Crippen molar-refractivity contribution in [3.05, 3.63) is 102 Å². The van der Waals surface area contributed by atoms with E-state index >= 15 is 0 Å². The first-order chi connectivity index (χ1) is 28.1. The van der Waals surface area contributed by atoms with Crippen molar-refractivity contribution >= 4 is 58.3 Å². The Morgan fingerprint density at radius 1 is 0.576 bits per heavy atom. The molecule has 0 aliphatic carbocycles. The van der Waals surface area contributed by atoms with Crippen LogP contribution in [-0.4, -0.2) is 105 Å². The first kappa shape index (κ1) is 44.5. The molecule has 0 saturated carbocycles. The molecule has 312 valence electrons. The topological polar surface area (TPSA) is 285 Å². The molecule has 18 heteroatoms. The number of carbonyl (C=O) groups is 8. The summed E-state index contributed by atoms with van der Waals surface area (Å²) in [6.45, 7) is 1.09. The molecule has 0 aliphatic heterocycles. The van der Waals surface area contributed by atoms with Crippen molar-refractivity contribution in [3.8, 4) is 5.75 Å². The number of carboxylic acid groups (broad SMARTS) is 2. The number of aromatic amines is 1. The molecule has 0 radical (unpaired) electrons. The highest BCUT2D eigenvalue weighted by molar-refractivity contribution is 5.97. The lowest BCUT2D eigenvalue weighted by Gasteiger charge is -2.27. The quantitative estimate of drug-likeness (QED) is 0.0551. The molecule has 6 amide bonds. The third kappa shape index (κ3) is 13.7. The van der Waals surface area contributed by atoms with E-state index in [0.717, 1.165) is 17.8 Å². The number of fused-ring (bicyclic) bond motifs is 1. The predicted octanol–water partition coefficient (Wildman–Crippen LogP) is 0.431. The van der Waals surface area contributed by atoms with Gasteiger partial charge in [-0.05, 0) is 41.3 Å². The Bertz CT molecular complexity index is 2120. The fraction of sp³-hybridized carbons (Fsp3) is 0.317. The highest BCUT2D eigenvalue weighted by Gasteiger charge is 2.33. The van der Waals surface area contributed by atoms with Crippen LogP contribution in [0.25, 0.3) is 10.9 Å². The van der Waals surface area contributed by atoms with E-state index in [1.165, 1.54) is 31.3 Å². The lowest BCUT2D eigenvalue weighted by atomic mass is 10.0. The van der Waals surface area contributed by atoms with Crippen molar-refractivity contribution < 1.29 is 53.7 Å². The number of phenols is 1. The Labute approximate surface area is 338 Å². The minimum Gasteiger partial charge on any atom is -0.508 e. The molecule has 4 aromatic rings. The van der Waals surface area contributed by atoms with Crippen molar-refractivity contribution in [1.82, 2.24) is 36.9 Å². The van der Waals surface area contributed by atoms with Crippen LogP contribution >= 0.6 is 0 Å². The van der Waals surface area contributed by atoms with Gasteiger partial charge in [-0.3, -0.25) is 38.4 Å². The lowest BCUT2D eigenvalue weighted by molar-refractivity contribution is -0.141. The van der Waals surface area contributed by atoms with Crippen LogP contribution in [0.15, 0.2) is 85.1 Å². The van der Waals surface area contributed by atoms with Gasteiger partial charge in [-0.25, -0.2) is 0 Å². The molecule has 0 spiro atoms. The molecule has 0 saturated heterocycles. The number of aromatic hydroxyl groups is 1. The normalized spacial score (nSPS) is 13.4. The molecule has 1 aromatic heterocycles. The second-order valence-corrected chi connectivity index (χ2v) is 13.8. The van der Waals surface area contributed by atoms with Crippen LogP contribution in [0, 0.1) is 0 Å². The molecule has 3 aromatic carbocycles. The summed E-state index contributed by atoms with van der Waals surface area (Å²) in [7, 11) is 1.39. The monoisotopic (exact) mass is 813 g/mol. The molecule has 59 heavy (non-hydrogen) atoms. The van der Waals surface area contributed by atoms with Gasteiger partial charge in [0, 0.05) is 56.8 Å². The Kier molecular flexibility index (Phi) is 16.1. The van der Waals surface area contributed by atoms with E-state index < -0.39 is 90.4 Å². The van der Waals surface area contributed by atoms with E-state index in [1.54, 1.807) is 36.5 Å². The van der Waals surface area contributed by atoms with Crippen molar-refractivity contribution in [2.45, 2.75) is 75.7 Å². The molecule has 0 fully saturated rings. The number of nitrogens with one attached hydrogen (secondary N) is 7. The summed E-state index contributed by atoms with van der Waals surface area (Å²) in [5.41, 5.74) is 2.54. The number of H-pyrrole nitrogens is 1. The number of hydrogen-bond donors (Lipinski definition) is 10. The number of aromatic nitrogens is 1. The molecular weight excluding hydrogens is 766 g/mol. The smallest absolute Gasteiger partial charge is 0.305 e. The van der Waals surface area contributed by atoms with Gasteiger partial charge < -0.3 is 52.2 Å². The number of likely N-dealkylation sites (N-methyl/N-ethyl adjacent to an activating group) is 1. The van der Waals surface area contributed by atoms with E-state index in [-0.39, 0.29) is 31.4 Å². The van der Waals surface area contributed by atoms with Gasteiger partial charge in [0.05, 0.1) is 6.42 Å². The van der Waals surface area contributed by atoms with Crippen LogP contribution in [-0.2, 0) is 57.6 Å². The second kappa shape index (κ2) is 21.3. The van der Waals surface area contributed by atoms with E-state index in [0.29, 0.717) is 16.7 Å². The third-order valence-electron chi connectivity index (χ3n) is 9.26. The number of amides is 6. The Hall–Kier alpha value is -7.24. The summed E-state index contributed by atoms with van der Waals surface area (Å²) in [5, 5.41) is 44.5. The molecule has 4 rings (SSSR count). The van der Waals surface area contributed by atoms with Gasteiger partial charge in [-0.1, -0.05) is 60.7 Å². The number of para-hydroxylation sites is 1. The van der Waals surface area contributed by atoms with Crippen LogP contribution in [0.2, 0.25) is 0 Å². The van der Waals surface area contributed by atoms with Gasteiger partial charge >= 0.3 is 11.9 Å². The zero-order valence-electron chi connectivity index (χ0n) is 32.3. The predicted molar refractivity (Wildman–Crippen MR) is 212 cm³/mol. The Morgan fingerprint density at radius 3 is 1.64 bits per heavy atom. The van der Waals surface area contributed by atoms with E-state index in [2.05, 4.69) is 36.9 Å². The van der Waals surface area contributed by atoms with Gasteiger partial charge in [0.15, 0.2) is 0 Å². The minimum atomic E-state index is -1.56. The standard InChI is InChI=1S/C41H47N7O11/c1-23(49)44-34(21-36(53)54)41(59)47-32(19-25-12-14-27(50)15-13-25)40(58)46-31(18-24-8-4-3-5-9-24)39(57)45-30(16-17-35(51)52)38(56)48-33(37(55)42-2)20-26-22-43-29-11-7-6-10-28(26)29/h3-15,22,30-34,43,50H,16-21H2,1-2H3,(H,42,55)(H,44,49)(H,45,57)(H,46,58)(H,47,59)(H,48,56)(H,51,52)(H,53,54)/t30-,31-,32-,33-,34-/m0/s1. The maximum absolute atomic E-state index is 14.1. The maximum atomic E-state index is 14.1. The average molecular weight is 814 g/mol. The average Bonchev–Trinajstić information content (AvgIpc) is 3.61. The molecule has 10 N–H and O–H groups in total. The van der Waals surface area contributed by atoms with Gasteiger partial charge in [-0.2, -0.15) is 0 Å². The summed E-state index contributed by atoms with van der Waals surface area (Å²) < 4.78 is 0. The van der Waals surface area contributed by atoms with E-state index in [9.17, 15) is 53.7 Å². The summed E-state index contributed by atoms with van der Waals surface area (Å²) in [6, 6.07) is 14.4. The number of hydrogen-bond acceptors (Lipinski definition) is 9. The van der Waals surface area contributed by atoms with Crippen LogP contribution in [0.1, 0.15) is 42.9 Å². The summed E-state index contributed by atoms with van der Waals surface area (Å²) in [4.78, 5) is 107. The van der Waals surface area contributed by atoms with Gasteiger partial charge in [0.25, 0.3) is 0 Å². The Balaban J connectivity index is 1.62. The fourth-order valence-electron chi connectivity index (χ4n) is 6.30. The SMILES string of the molecule is CNC(=O)[C@H](Cc1c[nH]c2ccccc12)NC(=O)[C@H](CCC(=O)O)NC(=O)[C@H](Cc1ccccc1)NC(=O)[C@H](Cc1ccc(O)cc1)NC(=O)[C@H](CC(=O)O)NC(C)=O. The number of carbonyl (C=O) groups excluding carboxylic acids is 6. The maximum Gasteiger partial charge on any atom is 0.305 e. The lowest BCUT2D eigenvalue weighted by Crippen LogP contribution is -2.60. The number of carboxylic acids is 2. The van der Waals surface area contributed by atoms with Crippen molar-refractivity contribution in [2.75, 3.05) is 7.05 Å². The molecular formula is C41H47N7O11. The van der Waals surface area contributed by atoms with Crippen LogP contribution in [0.3, 0.4) is 0 Å². The van der Waals surface area contributed by atoms with Crippen molar-refractivity contribution in [3.63, 3.8) is 0 Å². The van der Waals surface area contributed by atoms with E-state index in [4.69, 9.17) is 0 Å². The van der Waals surface area contributed by atoms with Crippen molar-refractivity contribution in [2.24, 2.45) is 0 Å². The second-order valence-electron chi connectivity index (χ2n) is 13.8. The minimum absolute atomic E-state index is 0.0467. The number of aliphatic carboxylic acids is 2. The van der Waals surface area contributed by atoms with Crippen molar-refractivity contribution in [1.29, 1.82) is 0 Å². The molecule has 5 atom stereocenters. The summed E-state index contributed by atoms with van der Waals surface area (Å²) in [5.74, 6) is -7.68. The number of rotatable bonds is 21. The third-order valence-corrected chi connectivity index (χ3v) is 9.26. The molecule has 0 bridgehead atoms. The molecule has 1 heterocycles. The fourth-order valence-corrected chi connectivity index (χ4v) is 6.30. The molecule has 18 nitrogen and oxygen atoms in total.